The third-order valence-electron chi connectivity index (χ3n) is 2.62. The van der Waals surface area contributed by atoms with Gasteiger partial charge in [0.1, 0.15) is 5.82 Å². The van der Waals surface area contributed by atoms with Gasteiger partial charge < -0.3 is 15.2 Å². The molecule has 0 saturated heterocycles. The minimum absolute atomic E-state index is 0.687. The molecule has 0 saturated carbocycles. The second-order valence-electron chi connectivity index (χ2n) is 4.37. The van der Waals surface area contributed by atoms with E-state index < -0.39 is 0 Å². The lowest BCUT2D eigenvalue weighted by molar-refractivity contribution is 0.725. The van der Waals surface area contributed by atoms with Crippen LogP contribution in [-0.2, 0) is 6.54 Å². The van der Waals surface area contributed by atoms with Crippen molar-refractivity contribution in [1.82, 2.24) is 19.5 Å². The predicted molar refractivity (Wildman–Crippen MR) is 76.3 cm³/mol. The van der Waals surface area contributed by atoms with Crippen LogP contribution >= 0.6 is 0 Å². The monoisotopic (exact) mass is 260 g/mol. The van der Waals surface area contributed by atoms with Crippen LogP contribution < -0.4 is 10.6 Å². The first-order chi connectivity index (χ1) is 9.28. The quantitative estimate of drug-likeness (QED) is 0.796. The summed E-state index contributed by atoms with van der Waals surface area (Å²) >= 11 is 0. The maximum absolute atomic E-state index is 4.43. The zero-order valence-electron chi connectivity index (χ0n) is 11.4. The van der Waals surface area contributed by atoms with Crippen LogP contribution in [0, 0.1) is 6.92 Å². The van der Waals surface area contributed by atoms with Gasteiger partial charge in [0.15, 0.2) is 0 Å². The summed E-state index contributed by atoms with van der Waals surface area (Å²) in [6.45, 7) is 6.64. The largest absolute Gasteiger partial charge is 0.368 e. The number of imidazole rings is 1. The fourth-order valence-corrected chi connectivity index (χ4v) is 1.71. The van der Waals surface area contributed by atoms with Crippen molar-refractivity contribution in [3.63, 3.8) is 0 Å². The molecule has 0 aromatic carbocycles. The Labute approximate surface area is 113 Å². The predicted octanol–water partition coefficient (Wildman–Crippen LogP) is 1.92. The Morgan fingerprint density at radius 1 is 1.21 bits per heavy atom. The van der Waals surface area contributed by atoms with E-state index >= 15 is 0 Å². The summed E-state index contributed by atoms with van der Waals surface area (Å²) in [7, 11) is 0. The van der Waals surface area contributed by atoms with Gasteiger partial charge in [0.2, 0.25) is 5.95 Å². The zero-order valence-corrected chi connectivity index (χ0v) is 11.4. The molecule has 0 amide bonds. The van der Waals surface area contributed by atoms with Crippen LogP contribution in [0.3, 0.4) is 0 Å². The number of hydrogen-bond donors (Lipinski definition) is 2. The summed E-state index contributed by atoms with van der Waals surface area (Å²) in [6, 6.07) is 1.95. The van der Waals surface area contributed by atoms with Gasteiger partial charge in [-0.25, -0.2) is 9.97 Å². The average Bonchev–Trinajstić information content (AvgIpc) is 2.89. The van der Waals surface area contributed by atoms with Crippen molar-refractivity contribution in [3.05, 3.63) is 30.5 Å². The van der Waals surface area contributed by atoms with E-state index in [-0.39, 0.29) is 0 Å². The first-order valence-electron chi connectivity index (χ1n) is 6.57. The molecule has 0 unspecified atom stereocenters. The van der Waals surface area contributed by atoms with Gasteiger partial charge in [-0.1, -0.05) is 6.92 Å². The van der Waals surface area contributed by atoms with E-state index in [2.05, 4.69) is 32.5 Å². The van der Waals surface area contributed by atoms with Crippen molar-refractivity contribution in [2.24, 2.45) is 0 Å². The van der Waals surface area contributed by atoms with Crippen molar-refractivity contribution >= 4 is 11.8 Å². The fraction of sp³-hybridized carbons (Fsp3) is 0.462. The molecule has 19 heavy (non-hydrogen) atoms. The van der Waals surface area contributed by atoms with E-state index in [1.165, 1.54) is 0 Å². The van der Waals surface area contributed by atoms with Gasteiger partial charge in [0, 0.05) is 43.8 Å². The van der Waals surface area contributed by atoms with E-state index in [1.54, 1.807) is 12.5 Å². The summed E-state index contributed by atoms with van der Waals surface area (Å²) in [5.41, 5.74) is 0.957. The lowest BCUT2D eigenvalue weighted by Gasteiger charge is -2.09. The SMILES string of the molecule is CCCNc1nc(C)cc(NCCn2ccnc2)n1. The van der Waals surface area contributed by atoms with Crippen LogP contribution in [0.15, 0.2) is 24.8 Å². The molecule has 0 aliphatic rings. The van der Waals surface area contributed by atoms with E-state index in [9.17, 15) is 0 Å². The van der Waals surface area contributed by atoms with Crippen molar-refractivity contribution < 1.29 is 0 Å². The van der Waals surface area contributed by atoms with E-state index in [0.717, 1.165) is 37.6 Å². The van der Waals surface area contributed by atoms with Gasteiger partial charge in [-0.3, -0.25) is 0 Å². The first kappa shape index (κ1) is 13.3. The maximum atomic E-state index is 4.43. The molecule has 2 aromatic heterocycles. The third-order valence-corrected chi connectivity index (χ3v) is 2.62. The van der Waals surface area contributed by atoms with Crippen LogP contribution in [0.25, 0.3) is 0 Å². The minimum Gasteiger partial charge on any atom is -0.368 e. The highest BCUT2D eigenvalue weighted by Gasteiger charge is 2.01. The molecule has 0 radical (unpaired) electrons. The molecule has 6 heteroatoms. The normalized spacial score (nSPS) is 10.4. The Morgan fingerprint density at radius 2 is 2.11 bits per heavy atom. The summed E-state index contributed by atoms with van der Waals surface area (Å²) < 4.78 is 2.03. The molecule has 0 atom stereocenters. The molecular formula is C13H20N6. The summed E-state index contributed by atoms with van der Waals surface area (Å²) in [6.07, 6.45) is 6.59. The highest BCUT2D eigenvalue weighted by Crippen LogP contribution is 2.09. The van der Waals surface area contributed by atoms with Crippen LogP contribution in [0.4, 0.5) is 11.8 Å². The van der Waals surface area contributed by atoms with Gasteiger partial charge >= 0.3 is 0 Å². The third kappa shape index (κ3) is 4.24. The number of rotatable bonds is 7. The molecular weight excluding hydrogens is 240 g/mol. The van der Waals surface area contributed by atoms with E-state index in [4.69, 9.17) is 0 Å². The molecule has 2 heterocycles. The van der Waals surface area contributed by atoms with Gasteiger partial charge in [-0.2, -0.15) is 4.98 Å². The van der Waals surface area contributed by atoms with Gasteiger partial charge in [0.25, 0.3) is 0 Å². The molecule has 6 nitrogen and oxygen atoms in total. The van der Waals surface area contributed by atoms with Crippen LogP contribution in [-0.4, -0.2) is 32.6 Å². The lowest BCUT2D eigenvalue weighted by atomic mass is 10.4. The highest BCUT2D eigenvalue weighted by atomic mass is 15.1. The van der Waals surface area contributed by atoms with Crippen LogP contribution in [0.1, 0.15) is 19.0 Å². The molecule has 2 N–H and O–H groups in total. The average molecular weight is 260 g/mol. The van der Waals surface area contributed by atoms with Crippen molar-refractivity contribution in [3.8, 4) is 0 Å². The summed E-state index contributed by atoms with van der Waals surface area (Å²) in [4.78, 5) is 12.8. The molecule has 2 aromatic rings. The highest BCUT2D eigenvalue weighted by molar-refractivity contribution is 5.42. The van der Waals surface area contributed by atoms with Crippen molar-refractivity contribution in [2.75, 3.05) is 23.7 Å². The van der Waals surface area contributed by atoms with Crippen molar-refractivity contribution in [2.45, 2.75) is 26.8 Å². The number of aryl methyl sites for hydroxylation is 1. The number of aromatic nitrogens is 4. The Kier molecular flexibility index (Phi) is 4.72. The number of hydrogen-bond acceptors (Lipinski definition) is 5. The number of nitrogens with one attached hydrogen (secondary N) is 2. The number of nitrogens with zero attached hydrogens (tertiary/aromatic N) is 4. The Morgan fingerprint density at radius 3 is 2.84 bits per heavy atom. The maximum Gasteiger partial charge on any atom is 0.224 e. The molecule has 0 aliphatic heterocycles. The Balaban J connectivity index is 1.90. The Bertz CT molecular complexity index is 494. The smallest absolute Gasteiger partial charge is 0.224 e. The second-order valence-corrected chi connectivity index (χ2v) is 4.37. The molecule has 0 spiro atoms. The summed E-state index contributed by atoms with van der Waals surface area (Å²) in [5, 5.41) is 6.50. The standard InChI is InChI=1S/C13H20N6/c1-3-4-16-13-17-11(2)9-12(18-13)15-6-8-19-7-5-14-10-19/h5,7,9-10H,3-4,6,8H2,1-2H3,(H2,15,16,17,18). The van der Waals surface area contributed by atoms with Crippen LogP contribution in [0.5, 0.6) is 0 Å². The van der Waals surface area contributed by atoms with E-state index in [1.807, 2.05) is 23.8 Å². The molecule has 0 aliphatic carbocycles. The Hall–Kier alpha value is -2.11. The second kappa shape index (κ2) is 6.72. The van der Waals surface area contributed by atoms with Gasteiger partial charge in [0.05, 0.1) is 6.33 Å². The first-order valence-corrected chi connectivity index (χ1v) is 6.57. The van der Waals surface area contributed by atoms with Gasteiger partial charge in [-0.05, 0) is 13.3 Å². The topological polar surface area (TPSA) is 67.7 Å². The lowest BCUT2D eigenvalue weighted by Crippen LogP contribution is -2.12. The summed E-state index contributed by atoms with van der Waals surface area (Å²) in [5.74, 6) is 1.54. The van der Waals surface area contributed by atoms with E-state index in [0.29, 0.717) is 5.95 Å². The molecule has 0 bridgehead atoms. The minimum atomic E-state index is 0.687. The van der Waals surface area contributed by atoms with Crippen molar-refractivity contribution in [1.29, 1.82) is 0 Å². The van der Waals surface area contributed by atoms with Crippen LogP contribution in [0.2, 0.25) is 0 Å². The zero-order chi connectivity index (χ0) is 13.5. The number of anilines is 2. The fourth-order valence-electron chi connectivity index (χ4n) is 1.71. The molecule has 102 valence electrons. The molecule has 0 fully saturated rings. The van der Waals surface area contributed by atoms with Gasteiger partial charge in [-0.15, -0.1) is 0 Å². The molecule has 2 rings (SSSR count).